The van der Waals surface area contributed by atoms with Crippen molar-refractivity contribution in [3.05, 3.63) is 24.2 Å². The van der Waals surface area contributed by atoms with Crippen LogP contribution in [0.4, 0.5) is 0 Å². The monoisotopic (exact) mass is 208 g/mol. The second kappa shape index (κ2) is 7.04. The molecule has 0 bridgehead atoms. The second-order valence-electron chi connectivity index (χ2n) is 3.26. The first-order valence-electron chi connectivity index (χ1n) is 4.97. The van der Waals surface area contributed by atoms with Crippen molar-refractivity contribution >= 4 is 0 Å². The van der Waals surface area contributed by atoms with Crippen LogP contribution in [0.5, 0.6) is 0 Å². The van der Waals surface area contributed by atoms with Crippen LogP contribution in [0, 0.1) is 11.3 Å². The molecule has 0 aliphatic rings. The zero-order chi connectivity index (χ0) is 10.9. The van der Waals surface area contributed by atoms with Crippen molar-refractivity contribution in [3.63, 3.8) is 0 Å². The van der Waals surface area contributed by atoms with Crippen LogP contribution in [-0.2, 0) is 11.3 Å². The van der Waals surface area contributed by atoms with Gasteiger partial charge in [0.25, 0.3) is 0 Å². The third-order valence-corrected chi connectivity index (χ3v) is 2.11. The van der Waals surface area contributed by atoms with Gasteiger partial charge in [0.05, 0.1) is 25.5 Å². The highest BCUT2D eigenvalue weighted by atomic mass is 16.5. The lowest BCUT2D eigenvalue weighted by molar-refractivity contribution is 0.140. The number of furan rings is 1. The summed E-state index contributed by atoms with van der Waals surface area (Å²) in [4.78, 5) is 2.14. The maximum atomic E-state index is 8.54. The van der Waals surface area contributed by atoms with Crippen LogP contribution in [0.15, 0.2) is 22.8 Å². The number of nitriles is 1. The van der Waals surface area contributed by atoms with Gasteiger partial charge < -0.3 is 9.15 Å². The molecule has 0 saturated heterocycles. The van der Waals surface area contributed by atoms with E-state index in [1.807, 2.05) is 12.1 Å². The van der Waals surface area contributed by atoms with Gasteiger partial charge in [-0.2, -0.15) is 5.26 Å². The molecule has 0 atom stereocenters. The zero-order valence-corrected chi connectivity index (χ0v) is 8.98. The molecule has 0 aliphatic heterocycles. The molecule has 0 radical (unpaired) electrons. The molecular formula is C11H16N2O2. The number of hydrogen-bond donors (Lipinski definition) is 0. The highest BCUT2D eigenvalue weighted by Gasteiger charge is 2.06. The Bertz CT molecular complexity index is 290. The largest absolute Gasteiger partial charge is 0.468 e. The fraction of sp³-hybridized carbons (Fsp3) is 0.545. The summed E-state index contributed by atoms with van der Waals surface area (Å²) in [5.74, 6) is 0.920. The number of nitrogens with zero attached hydrogens (tertiary/aromatic N) is 2. The molecule has 0 aromatic carbocycles. The Morgan fingerprint density at radius 3 is 3.00 bits per heavy atom. The lowest BCUT2D eigenvalue weighted by atomic mass is 10.3. The number of rotatable bonds is 7. The van der Waals surface area contributed by atoms with E-state index in [1.54, 1.807) is 13.4 Å². The summed E-state index contributed by atoms with van der Waals surface area (Å²) in [7, 11) is 1.68. The minimum Gasteiger partial charge on any atom is -0.468 e. The van der Waals surface area contributed by atoms with E-state index >= 15 is 0 Å². The standard InChI is InChI=1S/C11H16N2O2/c1-14-9-7-13(6-3-5-12)10-11-4-2-8-15-11/h2,4,8H,3,6-7,9-10H2,1H3. The Morgan fingerprint density at radius 2 is 2.40 bits per heavy atom. The summed E-state index contributed by atoms with van der Waals surface area (Å²) in [5, 5.41) is 8.54. The Labute approximate surface area is 90.0 Å². The number of hydrogen-bond acceptors (Lipinski definition) is 4. The first-order valence-corrected chi connectivity index (χ1v) is 4.97. The van der Waals surface area contributed by atoms with E-state index < -0.39 is 0 Å². The van der Waals surface area contributed by atoms with Crippen LogP contribution in [0.2, 0.25) is 0 Å². The summed E-state index contributed by atoms with van der Waals surface area (Å²) in [5.41, 5.74) is 0. The molecule has 0 N–H and O–H groups in total. The van der Waals surface area contributed by atoms with E-state index in [1.165, 1.54) is 0 Å². The van der Waals surface area contributed by atoms with Crippen LogP contribution >= 0.6 is 0 Å². The Balaban J connectivity index is 2.38. The van der Waals surface area contributed by atoms with Gasteiger partial charge in [0.2, 0.25) is 0 Å². The topological polar surface area (TPSA) is 49.4 Å². The molecule has 4 heteroatoms. The predicted molar refractivity (Wildman–Crippen MR) is 56.1 cm³/mol. The van der Waals surface area contributed by atoms with E-state index in [0.717, 1.165) is 25.4 Å². The van der Waals surface area contributed by atoms with Crippen LogP contribution in [0.1, 0.15) is 12.2 Å². The first kappa shape index (κ1) is 11.8. The van der Waals surface area contributed by atoms with Gasteiger partial charge in [0.15, 0.2) is 0 Å². The Hall–Kier alpha value is -1.31. The highest BCUT2D eigenvalue weighted by molar-refractivity contribution is 4.97. The van der Waals surface area contributed by atoms with Gasteiger partial charge in [-0.05, 0) is 12.1 Å². The minimum absolute atomic E-state index is 0.532. The number of methoxy groups -OCH3 is 1. The summed E-state index contributed by atoms with van der Waals surface area (Å²) >= 11 is 0. The van der Waals surface area contributed by atoms with Gasteiger partial charge in [0, 0.05) is 26.6 Å². The molecule has 0 spiro atoms. The predicted octanol–water partition coefficient (Wildman–Crippen LogP) is 1.64. The van der Waals surface area contributed by atoms with Gasteiger partial charge in [-0.1, -0.05) is 0 Å². The Kier molecular flexibility index (Phi) is 5.52. The van der Waals surface area contributed by atoms with Crippen molar-refractivity contribution in [2.75, 3.05) is 26.8 Å². The quantitative estimate of drug-likeness (QED) is 0.683. The van der Waals surface area contributed by atoms with Crippen molar-refractivity contribution in [1.82, 2.24) is 4.90 Å². The highest BCUT2D eigenvalue weighted by Crippen LogP contribution is 2.05. The molecule has 0 unspecified atom stereocenters. The third-order valence-electron chi connectivity index (χ3n) is 2.11. The number of ether oxygens (including phenoxy) is 1. The molecule has 0 fully saturated rings. The van der Waals surface area contributed by atoms with E-state index in [4.69, 9.17) is 14.4 Å². The van der Waals surface area contributed by atoms with Crippen molar-refractivity contribution in [2.24, 2.45) is 0 Å². The molecule has 15 heavy (non-hydrogen) atoms. The maximum absolute atomic E-state index is 8.54. The molecule has 0 amide bonds. The lowest BCUT2D eigenvalue weighted by Gasteiger charge is -2.19. The molecule has 82 valence electrons. The smallest absolute Gasteiger partial charge is 0.117 e. The zero-order valence-electron chi connectivity index (χ0n) is 8.98. The van der Waals surface area contributed by atoms with Crippen LogP contribution in [-0.4, -0.2) is 31.7 Å². The molecular weight excluding hydrogens is 192 g/mol. The van der Waals surface area contributed by atoms with E-state index in [0.29, 0.717) is 13.0 Å². The van der Waals surface area contributed by atoms with Gasteiger partial charge >= 0.3 is 0 Å². The summed E-state index contributed by atoms with van der Waals surface area (Å²) < 4.78 is 10.3. The van der Waals surface area contributed by atoms with Gasteiger partial charge in [-0.25, -0.2) is 0 Å². The maximum Gasteiger partial charge on any atom is 0.117 e. The third kappa shape index (κ3) is 4.63. The molecule has 1 aromatic heterocycles. The molecule has 1 aromatic rings. The van der Waals surface area contributed by atoms with E-state index in [-0.39, 0.29) is 0 Å². The van der Waals surface area contributed by atoms with Crippen molar-refractivity contribution < 1.29 is 9.15 Å². The van der Waals surface area contributed by atoms with Crippen LogP contribution in [0.3, 0.4) is 0 Å². The van der Waals surface area contributed by atoms with Gasteiger partial charge in [0.1, 0.15) is 5.76 Å². The normalized spacial score (nSPS) is 10.5. The average Bonchev–Trinajstić information content (AvgIpc) is 2.74. The molecule has 0 aliphatic carbocycles. The molecule has 4 nitrogen and oxygen atoms in total. The minimum atomic E-state index is 0.532. The van der Waals surface area contributed by atoms with Crippen molar-refractivity contribution in [2.45, 2.75) is 13.0 Å². The lowest BCUT2D eigenvalue weighted by Crippen LogP contribution is -2.27. The SMILES string of the molecule is COCCN(CCC#N)Cc1ccco1. The summed E-state index contributed by atoms with van der Waals surface area (Å²) in [6.07, 6.45) is 2.19. The molecule has 1 rings (SSSR count). The van der Waals surface area contributed by atoms with E-state index in [9.17, 15) is 0 Å². The van der Waals surface area contributed by atoms with Crippen molar-refractivity contribution in [3.8, 4) is 6.07 Å². The van der Waals surface area contributed by atoms with Crippen molar-refractivity contribution in [1.29, 1.82) is 5.26 Å². The fourth-order valence-electron chi connectivity index (χ4n) is 1.32. The van der Waals surface area contributed by atoms with Gasteiger partial charge in [-0.3, -0.25) is 4.90 Å². The fourth-order valence-corrected chi connectivity index (χ4v) is 1.32. The summed E-state index contributed by atoms with van der Waals surface area (Å²) in [6.45, 7) is 2.98. The summed E-state index contributed by atoms with van der Waals surface area (Å²) in [6, 6.07) is 5.95. The van der Waals surface area contributed by atoms with E-state index in [2.05, 4.69) is 11.0 Å². The Morgan fingerprint density at radius 1 is 1.53 bits per heavy atom. The van der Waals surface area contributed by atoms with Crippen LogP contribution in [0.25, 0.3) is 0 Å². The first-order chi connectivity index (χ1) is 7.36. The molecule has 0 saturated carbocycles. The van der Waals surface area contributed by atoms with Gasteiger partial charge in [-0.15, -0.1) is 0 Å². The molecule has 1 heterocycles. The second-order valence-corrected chi connectivity index (χ2v) is 3.26. The van der Waals surface area contributed by atoms with Crippen LogP contribution < -0.4 is 0 Å². The average molecular weight is 208 g/mol.